The Labute approximate surface area is 169 Å². The molecule has 2 amide bonds. The van der Waals surface area contributed by atoms with Gasteiger partial charge in [-0.25, -0.2) is 0 Å². The van der Waals surface area contributed by atoms with Crippen molar-refractivity contribution in [2.75, 3.05) is 11.4 Å². The van der Waals surface area contributed by atoms with E-state index in [1.807, 2.05) is 78.9 Å². The lowest BCUT2D eigenvalue weighted by atomic mass is 10.1. The van der Waals surface area contributed by atoms with Gasteiger partial charge in [0.1, 0.15) is 6.04 Å². The maximum atomic E-state index is 13.2. The van der Waals surface area contributed by atoms with E-state index in [1.165, 1.54) is 0 Å². The molecule has 29 heavy (non-hydrogen) atoms. The summed E-state index contributed by atoms with van der Waals surface area (Å²) in [5.41, 5.74) is 10.2. The highest BCUT2D eigenvalue weighted by Crippen LogP contribution is 2.36. The molecule has 0 aliphatic carbocycles. The largest absolute Gasteiger partial charge is 0.345 e. The van der Waals surface area contributed by atoms with Crippen LogP contribution in [0.3, 0.4) is 0 Å². The van der Waals surface area contributed by atoms with Gasteiger partial charge in [-0.1, -0.05) is 78.9 Å². The molecule has 0 fully saturated rings. The normalized spacial score (nSPS) is 13.1. The lowest BCUT2D eigenvalue weighted by molar-refractivity contribution is -0.125. The van der Waals surface area contributed by atoms with Gasteiger partial charge in [-0.3, -0.25) is 14.5 Å². The van der Waals surface area contributed by atoms with Crippen molar-refractivity contribution in [3.63, 3.8) is 0 Å². The SMILES string of the molecule is N[C@H](C(=O)NCC(=O)N1c2ccccc2C=Cc2ccccc21)c1ccccc1. The van der Waals surface area contributed by atoms with E-state index in [1.54, 1.807) is 17.0 Å². The number of amides is 2. The number of carbonyl (C=O) groups is 2. The van der Waals surface area contributed by atoms with Crippen molar-refractivity contribution in [1.29, 1.82) is 0 Å². The van der Waals surface area contributed by atoms with Crippen molar-refractivity contribution in [3.8, 4) is 0 Å². The van der Waals surface area contributed by atoms with Gasteiger partial charge in [-0.05, 0) is 28.8 Å². The molecular weight excluding hydrogens is 362 g/mol. The number of fused-ring (bicyclic) bond motifs is 2. The third-order valence-electron chi connectivity index (χ3n) is 4.90. The summed E-state index contributed by atoms with van der Waals surface area (Å²) in [6, 6.07) is 23.6. The average molecular weight is 383 g/mol. The number of anilines is 2. The van der Waals surface area contributed by atoms with Crippen molar-refractivity contribution in [2.24, 2.45) is 5.73 Å². The van der Waals surface area contributed by atoms with Crippen LogP contribution in [0.4, 0.5) is 11.4 Å². The van der Waals surface area contributed by atoms with Crippen LogP contribution in [0.25, 0.3) is 12.2 Å². The third kappa shape index (κ3) is 3.81. The van der Waals surface area contributed by atoms with Gasteiger partial charge in [-0.15, -0.1) is 0 Å². The molecule has 3 aromatic carbocycles. The van der Waals surface area contributed by atoms with E-state index in [0.29, 0.717) is 5.56 Å². The summed E-state index contributed by atoms with van der Waals surface area (Å²) in [6.45, 7) is -0.151. The van der Waals surface area contributed by atoms with Gasteiger partial charge in [0.25, 0.3) is 5.91 Å². The summed E-state index contributed by atoms with van der Waals surface area (Å²) in [7, 11) is 0. The first-order valence-electron chi connectivity index (χ1n) is 9.42. The minimum absolute atomic E-state index is 0.151. The van der Waals surface area contributed by atoms with Crippen LogP contribution in [0.2, 0.25) is 0 Å². The molecule has 0 spiro atoms. The second kappa shape index (κ2) is 8.12. The van der Waals surface area contributed by atoms with Gasteiger partial charge in [0.05, 0.1) is 17.9 Å². The van der Waals surface area contributed by atoms with Crippen LogP contribution in [0.1, 0.15) is 22.7 Å². The first-order chi connectivity index (χ1) is 14.1. The summed E-state index contributed by atoms with van der Waals surface area (Å²) < 4.78 is 0. The number of nitrogens with two attached hydrogens (primary N) is 1. The van der Waals surface area contributed by atoms with Crippen LogP contribution in [0.5, 0.6) is 0 Å². The summed E-state index contributed by atoms with van der Waals surface area (Å²) >= 11 is 0. The summed E-state index contributed by atoms with van der Waals surface area (Å²) in [5, 5.41) is 2.68. The molecule has 1 aliphatic heterocycles. The van der Waals surface area contributed by atoms with Gasteiger partial charge in [0, 0.05) is 0 Å². The third-order valence-corrected chi connectivity index (χ3v) is 4.90. The highest BCUT2D eigenvalue weighted by atomic mass is 16.2. The van der Waals surface area contributed by atoms with E-state index in [0.717, 1.165) is 22.5 Å². The molecule has 3 aromatic rings. The van der Waals surface area contributed by atoms with Crippen LogP contribution in [-0.4, -0.2) is 18.4 Å². The van der Waals surface area contributed by atoms with Crippen molar-refractivity contribution < 1.29 is 9.59 Å². The van der Waals surface area contributed by atoms with E-state index in [4.69, 9.17) is 5.73 Å². The molecule has 5 heteroatoms. The number of nitrogens with one attached hydrogen (secondary N) is 1. The predicted octanol–water partition coefficient (Wildman–Crippen LogP) is 3.65. The van der Waals surface area contributed by atoms with E-state index in [9.17, 15) is 9.59 Å². The van der Waals surface area contributed by atoms with Gasteiger partial charge >= 0.3 is 0 Å². The highest BCUT2D eigenvalue weighted by Gasteiger charge is 2.25. The van der Waals surface area contributed by atoms with Gasteiger partial charge in [-0.2, -0.15) is 0 Å². The number of rotatable bonds is 4. The Balaban J connectivity index is 1.57. The zero-order valence-corrected chi connectivity index (χ0v) is 15.8. The van der Waals surface area contributed by atoms with Crippen molar-refractivity contribution in [3.05, 3.63) is 95.6 Å². The fourth-order valence-electron chi connectivity index (χ4n) is 3.41. The number of nitrogens with zero attached hydrogens (tertiary/aromatic N) is 1. The minimum atomic E-state index is -0.825. The summed E-state index contributed by atoms with van der Waals surface area (Å²) in [4.78, 5) is 27.3. The molecule has 3 N–H and O–H groups in total. The topological polar surface area (TPSA) is 75.4 Å². The molecule has 0 aromatic heterocycles. The van der Waals surface area contributed by atoms with Gasteiger partial charge < -0.3 is 11.1 Å². The number of benzene rings is 3. The number of hydrogen-bond donors (Lipinski definition) is 2. The second-order valence-corrected chi connectivity index (χ2v) is 6.79. The molecule has 0 saturated heterocycles. The number of para-hydroxylation sites is 2. The van der Waals surface area contributed by atoms with E-state index in [2.05, 4.69) is 5.32 Å². The maximum absolute atomic E-state index is 13.2. The zero-order valence-electron chi connectivity index (χ0n) is 15.8. The first kappa shape index (κ1) is 18.7. The van der Waals surface area contributed by atoms with Gasteiger partial charge in [0.15, 0.2) is 0 Å². The molecule has 0 bridgehead atoms. The number of carbonyl (C=O) groups excluding carboxylic acids is 2. The molecular formula is C24H21N3O2. The Morgan fingerprint density at radius 1 is 0.793 bits per heavy atom. The molecule has 0 unspecified atom stereocenters. The lowest BCUT2D eigenvalue weighted by Gasteiger charge is -2.25. The summed E-state index contributed by atoms with van der Waals surface area (Å²) in [6.07, 6.45) is 3.98. The van der Waals surface area contributed by atoms with Crippen molar-refractivity contribution in [1.82, 2.24) is 5.32 Å². The smallest absolute Gasteiger partial charge is 0.250 e. The Morgan fingerprint density at radius 3 is 1.90 bits per heavy atom. The molecule has 0 radical (unpaired) electrons. The van der Waals surface area contributed by atoms with Crippen molar-refractivity contribution in [2.45, 2.75) is 6.04 Å². The maximum Gasteiger partial charge on any atom is 0.250 e. The lowest BCUT2D eigenvalue weighted by Crippen LogP contribution is -2.41. The van der Waals surface area contributed by atoms with Crippen LogP contribution < -0.4 is 16.0 Å². The fraction of sp³-hybridized carbons (Fsp3) is 0.0833. The zero-order chi connectivity index (χ0) is 20.2. The quantitative estimate of drug-likeness (QED) is 0.722. The van der Waals surface area contributed by atoms with Crippen molar-refractivity contribution >= 4 is 35.3 Å². The molecule has 1 aliphatic rings. The first-order valence-corrected chi connectivity index (χ1v) is 9.42. The summed E-state index contributed by atoms with van der Waals surface area (Å²) in [5.74, 6) is -0.624. The standard InChI is InChI=1S/C24H21N3O2/c25-23(19-10-2-1-3-11-19)24(29)26-16-22(28)27-20-12-6-4-8-17(20)14-15-18-9-5-7-13-21(18)27/h1-15,23H,16,25H2,(H,26,29)/t23-/m0/s1. The molecule has 5 nitrogen and oxygen atoms in total. The van der Waals surface area contributed by atoms with E-state index in [-0.39, 0.29) is 18.4 Å². The van der Waals surface area contributed by atoms with Crippen LogP contribution in [-0.2, 0) is 9.59 Å². The van der Waals surface area contributed by atoms with E-state index >= 15 is 0 Å². The predicted molar refractivity (Wildman–Crippen MR) is 115 cm³/mol. The molecule has 144 valence electrons. The molecule has 4 rings (SSSR count). The number of hydrogen-bond acceptors (Lipinski definition) is 3. The Hall–Kier alpha value is -3.70. The second-order valence-electron chi connectivity index (χ2n) is 6.79. The molecule has 0 saturated carbocycles. The Morgan fingerprint density at radius 2 is 1.31 bits per heavy atom. The fourth-order valence-corrected chi connectivity index (χ4v) is 3.41. The average Bonchev–Trinajstić information content (AvgIpc) is 2.94. The minimum Gasteiger partial charge on any atom is -0.345 e. The van der Waals surface area contributed by atoms with Crippen LogP contribution in [0, 0.1) is 0 Å². The Bertz CT molecular complexity index is 1030. The van der Waals surface area contributed by atoms with Crippen LogP contribution in [0.15, 0.2) is 78.9 Å². The van der Waals surface area contributed by atoms with E-state index < -0.39 is 6.04 Å². The Kier molecular flexibility index (Phi) is 5.22. The molecule has 1 heterocycles. The highest BCUT2D eigenvalue weighted by molar-refractivity contribution is 6.07. The molecule has 1 atom stereocenters. The monoisotopic (exact) mass is 383 g/mol. The van der Waals surface area contributed by atoms with Gasteiger partial charge in [0.2, 0.25) is 5.91 Å². The van der Waals surface area contributed by atoms with Crippen LogP contribution >= 0.6 is 0 Å².